The topological polar surface area (TPSA) is 59.3 Å². The van der Waals surface area contributed by atoms with Crippen molar-refractivity contribution >= 4 is 16.9 Å². The zero-order valence-corrected chi connectivity index (χ0v) is 13.0. The zero-order chi connectivity index (χ0) is 19.1. The summed E-state index contributed by atoms with van der Waals surface area (Å²) < 4.78 is 53.2. The van der Waals surface area contributed by atoms with Gasteiger partial charge in [-0.05, 0) is 35.9 Å². The molecule has 4 nitrogen and oxygen atoms in total. The number of carbonyl (C=O) groups is 1. The second-order valence-corrected chi connectivity index (χ2v) is 5.66. The van der Waals surface area contributed by atoms with Crippen molar-refractivity contribution in [3.05, 3.63) is 81.4 Å². The molecule has 0 saturated heterocycles. The highest BCUT2D eigenvalue weighted by Gasteiger charge is 2.31. The maximum Gasteiger partial charge on any atom is 0.416 e. The van der Waals surface area contributed by atoms with Crippen molar-refractivity contribution in [1.82, 2.24) is 4.57 Å². The van der Waals surface area contributed by atoms with E-state index in [1.54, 1.807) is 0 Å². The van der Waals surface area contributed by atoms with E-state index in [0.29, 0.717) is 11.6 Å². The number of aromatic carboxylic acids is 1. The van der Waals surface area contributed by atoms with Gasteiger partial charge in [-0.15, -0.1) is 0 Å². The Morgan fingerprint density at radius 1 is 1.08 bits per heavy atom. The summed E-state index contributed by atoms with van der Waals surface area (Å²) in [6.07, 6.45) is -3.59. The number of benzene rings is 2. The van der Waals surface area contributed by atoms with Crippen LogP contribution in [0.4, 0.5) is 17.6 Å². The van der Waals surface area contributed by atoms with E-state index < -0.39 is 34.5 Å². The molecular weight excluding hydrogens is 354 g/mol. The van der Waals surface area contributed by atoms with Crippen molar-refractivity contribution < 1.29 is 27.5 Å². The second kappa shape index (κ2) is 6.29. The molecule has 1 heterocycles. The van der Waals surface area contributed by atoms with E-state index in [2.05, 4.69) is 0 Å². The molecule has 2 aromatic carbocycles. The molecule has 0 amide bonds. The minimum atomic E-state index is -4.67. The molecular formula is C18H11F4NO3. The number of carboxylic acids is 1. The van der Waals surface area contributed by atoms with Crippen LogP contribution in [0.3, 0.4) is 0 Å². The standard InChI is InChI=1S/C18H11F4NO3/c19-12-4-1-10(2-5-12)8-23-9-14(17(25)26)16(24)13-7-11(18(20,21)22)3-6-15(13)23/h1-7,9H,8H2,(H,25,26). The number of nitrogens with zero attached hydrogens (tertiary/aromatic N) is 1. The summed E-state index contributed by atoms with van der Waals surface area (Å²) in [6.45, 7) is 0.0582. The van der Waals surface area contributed by atoms with Crippen LogP contribution in [-0.4, -0.2) is 15.6 Å². The molecule has 0 aliphatic heterocycles. The zero-order valence-electron chi connectivity index (χ0n) is 13.0. The molecule has 3 aromatic rings. The van der Waals surface area contributed by atoms with E-state index in [0.717, 1.165) is 18.3 Å². The largest absolute Gasteiger partial charge is 0.477 e. The van der Waals surface area contributed by atoms with Crippen LogP contribution in [0, 0.1) is 5.82 Å². The average Bonchev–Trinajstić information content (AvgIpc) is 2.57. The van der Waals surface area contributed by atoms with Crippen LogP contribution in [0.2, 0.25) is 0 Å². The van der Waals surface area contributed by atoms with Crippen LogP contribution in [0.5, 0.6) is 0 Å². The number of aromatic nitrogens is 1. The summed E-state index contributed by atoms with van der Waals surface area (Å²) in [6, 6.07) is 7.93. The quantitative estimate of drug-likeness (QED) is 0.716. The maximum absolute atomic E-state index is 13.0. The molecule has 0 aliphatic carbocycles. The first-order chi connectivity index (χ1) is 12.2. The Morgan fingerprint density at radius 2 is 1.73 bits per heavy atom. The Hall–Kier alpha value is -3.16. The molecule has 26 heavy (non-hydrogen) atoms. The number of pyridine rings is 1. The molecule has 0 radical (unpaired) electrons. The predicted octanol–water partition coefficient (Wildman–Crippen LogP) is 3.91. The molecule has 0 bridgehead atoms. The lowest BCUT2D eigenvalue weighted by Crippen LogP contribution is -2.20. The Balaban J connectivity index is 2.24. The number of halogens is 4. The van der Waals surface area contributed by atoms with Gasteiger partial charge in [-0.25, -0.2) is 9.18 Å². The van der Waals surface area contributed by atoms with Crippen molar-refractivity contribution in [2.75, 3.05) is 0 Å². The van der Waals surface area contributed by atoms with Crippen LogP contribution in [0.1, 0.15) is 21.5 Å². The fourth-order valence-electron chi connectivity index (χ4n) is 2.64. The maximum atomic E-state index is 13.0. The van der Waals surface area contributed by atoms with Gasteiger partial charge in [0.1, 0.15) is 11.4 Å². The number of hydrogen-bond donors (Lipinski definition) is 1. The number of alkyl halides is 3. The lowest BCUT2D eigenvalue weighted by molar-refractivity contribution is -0.137. The number of fused-ring (bicyclic) bond motifs is 1. The van der Waals surface area contributed by atoms with E-state index in [-0.39, 0.29) is 17.4 Å². The van der Waals surface area contributed by atoms with Gasteiger partial charge in [-0.1, -0.05) is 12.1 Å². The monoisotopic (exact) mass is 365 g/mol. The van der Waals surface area contributed by atoms with Crippen molar-refractivity contribution in [1.29, 1.82) is 0 Å². The summed E-state index contributed by atoms with van der Waals surface area (Å²) >= 11 is 0. The Labute approximate surface area is 143 Å². The molecule has 134 valence electrons. The molecule has 1 N–H and O–H groups in total. The lowest BCUT2D eigenvalue weighted by atomic mass is 10.1. The highest BCUT2D eigenvalue weighted by molar-refractivity contribution is 5.92. The van der Waals surface area contributed by atoms with Gasteiger partial charge in [0, 0.05) is 18.1 Å². The first-order valence-corrected chi connectivity index (χ1v) is 7.39. The number of hydrogen-bond acceptors (Lipinski definition) is 2. The van der Waals surface area contributed by atoms with Crippen LogP contribution in [-0.2, 0) is 12.7 Å². The fraction of sp³-hybridized carbons (Fsp3) is 0.111. The number of carboxylic acid groups (broad SMARTS) is 1. The van der Waals surface area contributed by atoms with E-state index >= 15 is 0 Å². The predicted molar refractivity (Wildman–Crippen MR) is 85.7 cm³/mol. The summed E-state index contributed by atoms with van der Waals surface area (Å²) in [5.41, 5.74) is -1.93. The lowest BCUT2D eigenvalue weighted by Gasteiger charge is -2.14. The van der Waals surface area contributed by atoms with Crippen molar-refractivity contribution in [3.8, 4) is 0 Å². The van der Waals surface area contributed by atoms with Gasteiger partial charge in [-0.2, -0.15) is 13.2 Å². The Kier molecular flexibility index (Phi) is 4.27. The third-order valence-corrected chi connectivity index (χ3v) is 3.90. The van der Waals surface area contributed by atoms with Crippen molar-refractivity contribution in [2.24, 2.45) is 0 Å². The summed E-state index contributed by atoms with van der Waals surface area (Å²) in [5, 5.41) is 8.85. The summed E-state index contributed by atoms with van der Waals surface area (Å²) in [5.74, 6) is -2.00. The molecule has 1 aromatic heterocycles. The average molecular weight is 365 g/mol. The minimum Gasteiger partial charge on any atom is -0.477 e. The van der Waals surface area contributed by atoms with Gasteiger partial charge in [0.05, 0.1) is 11.1 Å². The van der Waals surface area contributed by atoms with Gasteiger partial charge < -0.3 is 9.67 Å². The van der Waals surface area contributed by atoms with Crippen LogP contribution in [0.15, 0.2) is 53.5 Å². The third kappa shape index (κ3) is 3.30. The van der Waals surface area contributed by atoms with E-state index in [1.165, 1.54) is 28.8 Å². The van der Waals surface area contributed by atoms with Gasteiger partial charge >= 0.3 is 12.1 Å². The molecule has 0 fully saturated rings. The van der Waals surface area contributed by atoms with E-state index in [9.17, 15) is 32.3 Å². The fourth-order valence-corrected chi connectivity index (χ4v) is 2.64. The van der Waals surface area contributed by atoms with Crippen molar-refractivity contribution in [2.45, 2.75) is 12.7 Å². The molecule has 3 rings (SSSR count). The summed E-state index contributed by atoms with van der Waals surface area (Å²) in [4.78, 5) is 23.6. The van der Waals surface area contributed by atoms with Crippen LogP contribution < -0.4 is 5.43 Å². The Bertz CT molecular complexity index is 1050. The normalized spacial score (nSPS) is 11.7. The van der Waals surface area contributed by atoms with Crippen molar-refractivity contribution in [3.63, 3.8) is 0 Å². The van der Waals surface area contributed by atoms with Gasteiger partial charge in [0.25, 0.3) is 0 Å². The molecule has 0 saturated carbocycles. The van der Waals surface area contributed by atoms with Crippen LogP contribution >= 0.6 is 0 Å². The minimum absolute atomic E-state index is 0.0582. The third-order valence-electron chi connectivity index (χ3n) is 3.90. The molecule has 8 heteroatoms. The van der Waals surface area contributed by atoms with E-state index in [1.807, 2.05) is 0 Å². The van der Waals surface area contributed by atoms with Crippen LogP contribution in [0.25, 0.3) is 10.9 Å². The Morgan fingerprint density at radius 3 is 2.31 bits per heavy atom. The number of rotatable bonds is 3. The molecule has 0 spiro atoms. The first-order valence-electron chi connectivity index (χ1n) is 7.39. The second-order valence-electron chi connectivity index (χ2n) is 5.66. The summed E-state index contributed by atoms with van der Waals surface area (Å²) in [7, 11) is 0. The molecule has 0 aliphatic rings. The molecule has 0 atom stereocenters. The van der Waals surface area contributed by atoms with Gasteiger partial charge in [0.15, 0.2) is 0 Å². The highest BCUT2D eigenvalue weighted by Crippen LogP contribution is 2.31. The molecule has 0 unspecified atom stereocenters. The van der Waals surface area contributed by atoms with E-state index in [4.69, 9.17) is 0 Å². The SMILES string of the molecule is O=C(O)c1cn(Cc2ccc(F)cc2)c2ccc(C(F)(F)F)cc2c1=O. The smallest absolute Gasteiger partial charge is 0.416 e. The van der Waals surface area contributed by atoms with Gasteiger partial charge in [-0.3, -0.25) is 4.79 Å². The first kappa shape index (κ1) is 17.7. The highest BCUT2D eigenvalue weighted by atomic mass is 19.4. The van der Waals surface area contributed by atoms with Gasteiger partial charge in [0.2, 0.25) is 5.43 Å².